The molecule has 0 unspecified atom stereocenters. The Hall–Kier alpha value is -1.33. The van der Waals surface area contributed by atoms with Crippen LogP contribution in [0, 0.1) is 0 Å². The van der Waals surface area contributed by atoms with Gasteiger partial charge in [-0.1, -0.05) is 30.0 Å². The Balaban J connectivity index is 2.04. The zero-order valence-corrected chi connectivity index (χ0v) is 11.7. The number of thiazole rings is 1. The molecule has 2 rings (SSSR count). The second-order valence-electron chi connectivity index (χ2n) is 3.74. The lowest BCUT2D eigenvalue weighted by Crippen LogP contribution is -2.30. The number of rotatable bonds is 5. The first-order valence-corrected chi connectivity index (χ1v) is 7.31. The Morgan fingerprint density at radius 2 is 2.39 bits per heavy atom. The average molecular weight is 278 g/mol. The number of para-hydroxylation sites is 1. The first kappa shape index (κ1) is 13.1. The summed E-state index contributed by atoms with van der Waals surface area (Å²) in [6.45, 7) is 5.96. The summed E-state index contributed by atoms with van der Waals surface area (Å²) < 4.78 is 2.08. The van der Waals surface area contributed by atoms with Gasteiger partial charge in [-0.15, -0.1) is 17.9 Å². The van der Waals surface area contributed by atoms with Crippen LogP contribution in [0.4, 0.5) is 0 Å². The number of carbonyl (C=O) groups is 1. The van der Waals surface area contributed by atoms with Gasteiger partial charge in [0, 0.05) is 6.54 Å². The topological polar surface area (TPSA) is 42.0 Å². The fourth-order valence-corrected chi connectivity index (χ4v) is 3.66. The predicted molar refractivity (Wildman–Crippen MR) is 78.1 cm³/mol. The van der Waals surface area contributed by atoms with Gasteiger partial charge in [0.1, 0.15) is 0 Å². The van der Waals surface area contributed by atoms with Crippen LogP contribution in [0.2, 0.25) is 0 Å². The molecule has 1 aromatic heterocycles. The number of amides is 1. The molecule has 2 aromatic rings. The van der Waals surface area contributed by atoms with Gasteiger partial charge in [-0.2, -0.15) is 0 Å². The van der Waals surface area contributed by atoms with E-state index in [1.807, 2.05) is 31.2 Å². The summed E-state index contributed by atoms with van der Waals surface area (Å²) in [5.41, 5.74) is 0.990. The Labute approximate surface area is 114 Å². The Bertz CT molecular complexity index is 532. The lowest BCUT2D eigenvalue weighted by atomic mass is 10.3. The van der Waals surface area contributed by atoms with E-state index in [2.05, 4.69) is 16.9 Å². The van der Waals surface area contributed by atoms with Gasteiger partial charge in [0.25, 0.3) is 0 Å². The molecule has 0 bridgehead atoms. The van der Waals surface area contributed by atoms with E-state index in [9.17, 15) is 4.79 Å². The first-order valence-electron chi connectivity index (χ1n) is 5.61. The summed E-state index contributed by atoms with van der Waals surface area (Å²) in [7, 11) is 0. The number of nitrogens with zero attached hydrogens (tertiary/aromatic N) is 1. The fourth-order valence-electron chi connectivity index (χ4n) is 1.42. The number of carbonyl (C=O) groups excluding carboxylic acids is 1. The van der Waals surface area contributed by atoms with Gasteiger partial charge in [-0.05, 0) is 19.1 Å². The lowest BCUT2D eigenvalue weighted by Gasteiger charge is -2.08. The van der Waals surface area contributed by atoms with Crippen LogP contribution in [0.15, 0.2) is 41.3 Å². The summed E-state index contributed by atoms with van der Waals surface area (Å²) >= 11 is 3.11. The summed E-state index contributed by atoms with van der Waals surface area (Å²) in [5, 5.41) is 2.64. The van der Waals surface area contributed by atoms with Crippen molar-refractivity contribution in [3.8, 4) is 0 Å². The van der Waals surface area contributed by atoms with Gasteiger partial charge < -0.3 is 5.32 Å². The van der Waals surface area contributed by atoms with Crippen molar-refractivity contribution in [3.05, 3.63) is 36.9 Å². The van der Waals surface area contributed by atoms with Crippen molar-refractivity contribution in [2.24, 2.45) is 0 Å². The zero-order valence-electron chi connectivity index (χ0n) is 10.1. The minimum absolute atomic E-state index is 0.0131. The van der Waals surface area contributed by atoms with Crippen LogP contribution in [0.5, 0.6) is 0 Å². The minimum Gasteiger partial charge on any atom is -0.352 e. The maximum atomic E-state index is 11.7. The molecule has 0 aliphatic heterocycles. The van der Waals surface area contributed by atoms with Crippen molar-refractivity contribution in [1.29, 1.82) is 0 Å². The Kier molecular flexibility index (Phi) is 4.38. The van der Waals surface area contributed by atoms with Gasteiger partial charge in [-0.25, -0.2) is 4.98 Å². The molecule has 0 fully saturated rings. The molecule has 5 heteroatoms. The molecule has 0 saturated carbocycles. The van der Waals surface area contributed by atoms with Gasteiger partial charge in [-0.3, -0.25) is 4.79 Å². The SMILES string of the molecule is C=CCNC(=O)[C@@H](C)Sc1nc2ccccc2s1. The molecule has 0 aliphatic carbocycles. The van der Waals surface area contributed by atoms with E-state index in [1.54, 1.807) is 17.4 Å². The van der Waals surface area contributed by atoms with Gasteiger partial charge in [0.15, 0.2) is 4.34 Å². The number of hydrogen-bond acceptors (Lipinski definition) is 4. The van der Waals surface area contributed by atoms with Crippen LogP contribution in [0.1, 0.15) is 6.92 Å². The number of fused-ring (bicyclic) bond motifs is 1. The first-order chi connectivity index (χ1) is 8.70. The molecule has 1 aromatic carbocycles. The van der Waals surface area contributed by atoms with Crippen LogP contribution in [-0.4, -0.2) is 22.7 Å². The van der Waals surface area contributed by atoms with Crippen LogP contribution in [-0.2, 0) is 4.79 Å². The second kappa shape index (κ2) is 6.02. The second-order valence-corrected chi connectivity index (χ2v) is 6.36. The molecule has 0 saturated heterocycles. The molecular weight excluding hydrogens is 264 g/mol. The number of benzene rings is 1. The van der Waals surface area contributed by atoms with E-state index in [0.29, 0.717) is 6.54 Å². The molecular formula is C13H14N2OS2. The van der Waals surface area contributed by atoms with Crippen LogP contribution < -0.4 is 5.32 Å². The highest BCUT2D eigenvalue weighted by Crippen LogP contribution is 2.31. The summed E-state index contributed by atoms with van der Waals surface area (Å²) in [6, 6.07) is 7.99. The molecule has 0 aliphatic rings. The number of hydrogen-bond donors (Lipinski definition) is 1. The zero-order chi connectivity index (χ0) is 13.0. The van der Waals surface area contributed by atoms with E-state index in [-0.39, 0.29) is 11.2 Å². The molecule has 1 heterocycles. The standard InChI is InChI=1S/C13H14N2OS2/c1-3-8-14-12(16)9(2)17-13-15-10-6-4-5-7-11(10)18-13/h3-7,9H,1,8H2,2H3,(H,14,16)/t9-/m1/s1. The average Bonchev–Trinajstić information content (AvgIpc) is 2.77. The Morgan fingerprint density at radius 3 is 3.11 bits per heavy atom. The molecule has 1 atom stereocenters. The van der Waals surface area contributed by atoms with Crippen molar-refractivity contribution in [2.75, 3.05) is 6.54 Å². The number of nitrogens with one attached hydrogen (secondary N) is 1. The van der Waals surface area contributed by atoms with Gasteiger partial charge in [0.05, 0.1) is 15.5 Å². The van der Waals surface area contributed by atoms with E-state index >= 15 is 0 Å². The fraction of sp³-hybridized carbons (Fsp3) is 0.231. The summed E-state index contributed by atoms with van der Waals surface area (Å²) in [6.07, 6.45) is 1.67. The molecule has 94 valence electrons. The molecule has 0 spiro atoms. The van der Waals surface area contributed by atoms with E-state index in [1.165, 1.54) is 11.8 Å². The lowest BCUT2D eigenvalue weighted by molar-refractivity contribution is -0.120. The molecule has 1 amide bonds. The molecule has 3 nitrogen and oxygen atoms in total. The van der Waals surface area contributed by atoms with Gasteiger partial charge in [0.2, 0.25) is 5.91 Å². The highest BCUT2D eigenvalue weighted by atomic mass is 32.2. The monoisotopic (exact) mass is 278 g/mol. The summed E-state index contributed by atoms with van der Waals surface area (Å²) in [4.78, 5) is 16.2. The van der Waals surface area contributed by atoms with Crippen molar-refractivity contribution in [3.63, 3.8) is 0 Å². The predicted octanol–water partition coefficient (Wildman–Crippen LogP) is 3.08. The van der Waals surface area contributed by atoms with Crippen LogP contribution in [0.3, 0.4) is 0 Å². The largest absolute Gasteiger partial charge is 0.352 e. The molecule has 18 heavy (non-hydrogen) atoms. The maximum absolute atomic E-state index is 11.7. The normalized spacial score (nSPS) is 12.3. The van der Waals surface area contributed by atoms with E-state index < -0.39 is 0 Å². The maximum Gasteiger partial charge on any atom is 0.233 e. The third-order valence-corrected chi connectivity index (χ3v) is 4.57. The van der Waals surface area contributed by atoms with Crippen molar-refractivity contribution in [2.45, 2.75) is 16.5 Å². The molecule has 1 N–H and O–H groups in total. The van der Waals surface area contributed by atoms with Crippen molar-refractivity contribution in [1.82, 2.24) is 10.3 Å². The van der Waals surface area contributed by atoms with E-state index in [4.69, 9.17) is 0 Å². The van der Waals surface area contributed by atoms with Gasteiger partial charge >= 0.3 is 0 Å². The highest BCUT2D eigenvalue weighted by Gasteiger charge is 2.15. The third kappa shape index (κ3) is 3.11. The molecule has 0 radical (unpaired) electrons. The Morgan fingerprint density at radius 1 is 1.61 bits per heavy atom. The van der Waals surface area contributed by atoms with Crippen molar-refractivity contribution >= 4 is 39.2 Å². The third-order valence-electron chi connectivity index (χ3n) is 2.34. The van der Waals surface area contributed by atoms with E-state index in [0.717, 1.165) is 14.6 Å². The smallest absolute Gasteiger partial charge is 0.233 e. The van der Waals surface area contributed by atoms with Crippen LogP contribution in [0.25, 0.3) is 10.2 Å². The van der Waals surface area contributed by atoms with Crippen molar-refractivity contribution < 1.29 is 4.79 Å². The summed E-state index contributed by atoms with van der Waals surface area (Å²) in [5.74, 6) is 0.0131. The number of thioether (sulfide) groups is 1. The quantitative estimate of drug-likeness (QED) is 0.675. The highest BCUT2D eigenvalue weighted by molar-refractivity contribution is 8.02. The minimum atomic E-state index is -0.148. The number of aromatic nitrogens is 1. The van der Waals surface area contributed by atoms with Crippen LogP contribution >= 0.6 is 23.1 Å².